The SMILES string of the molecule is Cc1ccccc1NC(=O)N(Cc1nc(C(=O)NCC(C)C)co1)CC(C)C. The summed E-state index contributed by atoms with van der Waals surface area (Å²) in [5, 5.41) is 5.74. The average molecular weight is 386 g/mol. The Morgan fingerprint density at radius 1 is 1.14 bits per heavy atom. The molecule has 7 nitrogen and oxygen atoms in total. The molecule has 3 amide bonds. The van der Waals surface area contributed by atoms with Gasteiger partial charge in [0.25, 0.3) is 5.91 Å². The molecule has 1 heterocycles. The third-order valence-electron chi connectivity index (χ3n) is 4.04. The van der Waals surface area contributed by atoms with Crippen LogP contribution >= 0.6 is 0 Å². The zero-order valence-corrected chi connectivity index (χ0v) is 17.3. The number of amides is 3. The maximum absolute atomic E-state index is 12.8. The van der Waals surface area contributed by atoms with Gasteiger partial charge in [0.05, 0.1) is 6.54 Å². The Hall–Kier alpha value is -2.83. The Morgan fingerprint density at radius 2 is 1.86 bits per heavy atom. The summed E-state index contributed by atoms with van der Waals surface area (Å²) in [5.74, 6) is 0.673. The third kappa shape index (κ3) is 6.40. The molecule has 0 spiro atoms. The summed E-state index contributed by atoms with van der Waals surface area (Å²) in [6.07, 6.45) is 1.33. The van der Waals surface area contributed by atoms with Gasteiger partial charge in [-0.15, -0.1) is 0 Å². The molecule has 0 radical (unpaired) electrons. The van der Waals surface area contributed by atoms with Crippen molar-refractivity contribution >= 4 is 17.6 Å². The largest absolute Gasteiger partial charge is 0.446 e. The molecular weight excluding hydrogens is 356 g/mol. The summed E-state index contributed by atoms with van der Waals surface area (Å²) in [5.41, 5.74) is 1.97. The van der Waals surface area contributed by atoms with Crippen LogP contribution in [0, 0.1) is 18.8 Å². The van der Waals surface area contributed by atoms with Crippen LogP contribution in [0.1, 0.15) is 49.6 Å². The lowest BCUT2D eigenvalue weighted by Crippen LogP contribution is -2.37. The second-order valence-corrected chi connectivity index (χ2v) is 7.75. The first kappa shape index (κ1) is 21.5. The Kier molecular flexibility index (Phi) is 7.61. The van der Waals surface area contributed by atoms with E-state index >= 15 is 0 Å². The first-order chi connectivity index (χ1) is 13.3. The summed E-state index contributed by atoms with van der Waals surface area (Å²) in [6, 6.07) is 7.38. The molecule has 0 aliphatic heterocycles. The Morgan fingerprint density at radius 3 is 2.50 bits per heavy atom. The molecule has 0 unspecified atom stereocenters. The molecule has 7 heteroatoms. The van der Waals surface area contributed by atoms with Gasteiger partial charge in [-0.3, -0.25) is 4.79 Å². The zero-order valence-electron chi connectivity index (χ0n) is 17.3. The van der Waals surface area contributed by atoms with Gasteiger partial charge in [-0.25, -0.2) is 9.78 Å². The molecule has 0 bridgehead atoms. The number of aromatic nitrogens is 1. The number of rotatable bonds is 8. The van der Waals surface area contributed by atoms with Gasteiger partial charge in [0.15, 0.2) is 5.69 Å². The first-order valence-corrected chi connectivity index (χ1v) is 9.60. The Labute approximate surface area is 166 Å². The molecule has 2 N–H and O–H groups in total. The molecule has 1 aromatic carbocycles. The van der Waals surface area contributed by atoms with Crippen molar-refractivity contribution < 1.29 is 14.0 Å². The number of anilines is 1. The Balaban J connectivity index is 2.06. The molecule has 152 valence electrons. The van der Waals surface area contributed by atoms with E-state index in [1.54, 1.807) is 4.90 Å². The lowest BCUT2D eigenvalue weighted by Gasteiger charge is -2.24. The summed E-state index contributed by atoms with van der Waals surface area (Å²) < 4.78 is 5.44. The second kappa shape index (κ2) is 9.92. The van der Waals surface area contributed by atoms with Crippen LogP contribution in [0.2, 0.25) is 0 Å². The molecule has 28 heavy (non-hydrogen) atoms. The molecule has 0 saturated heterocycles. The topological polar surface area (TPSA) is 87.5 Å². The molecule has 0 fully saturated rings. The van der Waals surface area contributed by atoms with Crippen LogP contribution < -0.4 is 10.6 Å². The number of hydrogen-bond donors (Lipinski definition) is 2. The van der Waals surface area contributed by atoms with Gasteiger partial charge in [-0.2, -0.15) is 0 Å². The van der Waals surface area contributed by atoms with E-state index in [1.165, 1.54) is 6.26 Å². The van der Waals surface area contributed by atoms with Crippen molar-refractivity contribution in [1.29, 1.82) is 0 Å². The predicted molar refractivity (Wildman–Crippen MR) is 109 cm³/mol. The van der Waals surface area contributed by atoms with Crippen molar-refractivity contribution in [3.05, 3.63) is 47.7 Å². The molecule has 0 saturated carbocycles. The number of para-hydroxylation sites is 1. The zero-order chi connectivity index (χ0) is 20.7. The van der Waals surface area contributed by atoms with Crippen molar-refractivity contribution in [2.75, 3.05) is 18.4 Å². The highest BCUT2D eigenvalue weighted by Crippen LogP contribution is 2.16. The minimum Gasteiger partial charge on any atom is -0.446 e. The minimum absolute atomic E-state index is 0.188. The van der Waals surface area contributed by atoms with Crippen LogP contribution in [0.5, 0.6) is 0 Å². The quantitative estimate of drug-likeness (QED) is 0.716. The van der Waals surface area contributed by atoms with E-state index in [2.05, 4.69) is 15.6 Å². The van der Waals surface area contributed by atoms with Gasteiger partial charge in [-0.05, 0) is 30.4 Å². The van der Waals surface area contributed by atoms with Gasteiger partial charge < -0.3 is 20.0 Å². The highest BCUT2D eigenvalue weighted by Gasteiger charge is 2.20. The average Bonchev–Trinajstić information content (AvgIpc) is 3.09. The molecular formula is C21H30N4O3. The lowest BCUT2D eigenvalue weighted by molar-refractivity contribution is 0.0944. The van der Waals surface area contributed by atoms with E-state index in [1.807, 2.05) is 58.9 Å². The third-order valence-corrected chi connectivity index (χ3v) is 4.04. The van der Waals surface area contributed by atoms with Crippen molar-refractivity contribution in [2.24, 2.45) is 11.8 Å². The molecule has 0 aliphatic rings. The summed E-state index contributed by atoms with van der Waals surface area (Å²) in [6.45, 7) is 11.3. The van der Waals surface area contributed by atoms with Crippen LogP contribution in [0.4, 0.5) is 10.5 Å². The summed E-state index contributed by atoms with van der Waals surface area (Å²) in [4.78, 5) is 30.8. The van der Waals surface area contributed by atoms with Crippen molar-refractivity contribution in [3.63, 3.8) is 0 Å². The maximum Gasteiger partial charge on any atom is 0.322 e. The molecule has 1 aromatic heterocycles. The minimum atomic E-state index is -0.275. The molecule has 2 rings (SSSR count). The normalized spacial score (nSPS) is 11.0. The number of urea groups is 1. The Bertz CT molecular complexity index is 798. The number of oxazole rings is 1. The van der Waals surface area contributed by atoms with Crippen LogP contribution in [0.15, 0.2) is 34.9 Å². The van der Waals surface area contributed by atoms with Crippen LogP contribution in [-0.2, 0) is 6.54 Å². The number of carbonyl (C=O) groups excluding carboxylic acids is 2. The van der Waals surface area contributed by atoms with Gasteiger partial charge in [0.1, 0.15) is 6.26 Å². The van der Waals surface area contributed by atoms with E-state index in [-0.39, 0.29) is 30.1 Å². The number of nitrogens with zero attached hydrogens (tertiary/aromatic N) is 2. The van der Waals surface area contributed by atoms with E-state index in [9.17, 15) is 9.59 Å². The van der Waals surface area contributed by atoms with Gasteiger partial charge in [0.2, 0.25) is 5.89 Å². The number of carbonyl (C=O) groups is 2. The standard InChI is InChI=1S/C21H30N4O3/c1-14(2)10-22-20(26)18-13-28-19(23-18)12-25(11-15(3)4)21(27)24-17-9-7-6-8-16(17)5/h6-9,13-15H,10-12H2,1-5H3,(H,22,26)(H,24,27). The van der Waals surface area contributed by atoms with Gasteiger partial charge in [0, 0.05) is 18.8 Å². The number of aryl methyl sites for hydroxylation is 1. The fourth-order valence-electron chi connectivity index (χ4n) is 2.61. The molecule has 0 aliphatic carbocycles. The van der Waals surface area contributed by atoms with E-state index in [4.69, 9.17) is 4.42 Å². The molecule has 2 aromatic rings. The van der Waals surface area contributed by atoms with Crippen LogP contribution in [0.25, 0.3) is 0 Å². The second-order valence-electron chi connectivity index (χ2n) is 7.75. The smallest absolute Gasteiger partial charge is 0.322 e. The van der Waals surface area contributed by atoms with Crippen LogP contribution in [0.3, 0.4) is 0 Å². The number of benzene rings is 1. The number of hydrogen-bond acceptors (Lipinski definition) is 4. The van der Waals surface area contributed by atoms with E-state index in [0.29, 0.717) is 24.9 Å². The monoisotopic (exact) mass is 386 g/mol. The fraction of sp³-hybridized carbons (Fsp3) is 0.476. The summed E-state index contributed by atoms with van der Waals surface area (Å²) in [7, 11) is 0. The van der Waals surface area contributed by atoms with Crippen molar-refractivity contribution in [1.82, 2.24) is 15.2 Å². The fourth-order valence-corrected chi connectivity index (χ4v) is 2.61. The number of nitrogens with one attached hydrogen (secondary N) is 2. The highest BCUT2D eigenvalue weighted by molar-refractivity contribution is 5.92. The predicted octanol–water partition coefficient (Wildman–Crippen LogP) is 4.06. The van der Waals surface area contributed by atoms with Crippen molar-refractivity contribution in [3.8, 4) is 0 Å². The van der Waals surface area contributed by atoms with Gasteiger partial charge in [-0.1, -0.05) is 45.9 Å². The highest BCUT2D eigenvalue weighted by atomic mass is 16.3. The summed E-state index contributed by atoms with van der Waals surface area (Å²) >= 11 is 0. The first-order valence-electron chi connectivity index (χ1n) is 9.60. The van der Waals surface area contributed by atoms with Crippen molar-refractivity contribution in [2.45, 2.75) is 41.2 Å². The van der Waals surface area contributed by atoms with Gasteiger partial charge >= 0.3 is 6.03 Å². The maximum atomic E-state index is 12.8. The van der Waals surface area contributed by atoms with E-state index < -0.39 is 0 Å². The molecule has 0 atom stereocenters. The van der Waals surface area contributed by atoms with Crippen LogP contribution in [-0.4, -0.2) is 34.9 Å². The van der Waals surface area contributed by atoms with E-state index in [0.717, 1.165) is 11.3 Å². The lowest BCUT2D eigenvalue weighted by atomic mass is 10.2.